The highest BCUT2D eigenvalue weighted by Gasteiger charge is 2.26. The van der Waals surface area contributed by atoms with E-state index in [4.69, 9.17) is 0 Å². The van der Waals surface area contributed by atoms with E-state index in [0.29, 0.717) is 5.56 Å². The van der Waals surface area contributed by atoms with Gasteiger partial charge in [0.05, 0.1) is 21.2 Å². The molecule has 0 aromatic carbocycles. The Balaban J connectivity index is 1.43. The van der Waals surface area contributed by atoms with Crippen molar-refractivity contribution in [2.45, 2.75) is 19.9 Å². The summed E-state index contributed by atoms with van der Waals surface area (Å²) in [5, 5.41) is 4.44. The summed E-state index contributed by atoms with van der Waals surface area (Å²) in [5.41, 5.74) is 1.60. The third-order valence-electron chi connectivity index (χ3n) is 4.97. The molecule has 1 aliphatic rings. The number of piperazine rings is 1. The quantitative estimate of drug-likeness (QED) is 0.584. The van der Waals surface area contributed by atoms with Crippen LogP contribution in [-0.4, -0.2) is 56.7 Å². The maximum absolute atomic E-state index is 13.1. The molecule has 0 bridgehead atoms. The molecule has 0 N–H and O–H groups in total. The van der Waals surface area contributed by atoms with Gasteiger partial charge in [0.2, 0.25) is 0 Å². The number of carbonyl (C=O) groups is 1. The van der Waals surface area contributed by atoms with Crippen LogP contribution in [0.2, 0.25) is 0 Å². The number of aromatic nitrogens is 3. The van der Waals surface area contributed by atoms with Crippen LogP contribution in [0.15, 0.2) is 46.5 Å². The molecule has 146 valence electrons. The lowest BCUT2D eigenvalue weighted by atomic mass is 10.1. The van der Waals surface area contributed by atoms with Crippen LogP contribution in [0.1, 0.15) is 27.9 Å². The van der Waals surface area contributed by atoms with Crippen molar-refractivity contribution < 1.29 is 4.79 Å². The molecule has 1 saturated heterocycles. The number of amides is 1. The molecule has 3 aromatic rings. The maximum atomic E-state index is 13.1. The van der Waals surface area contributed by atoms with Crippen LogP contribution in [0.25, 0.3) is 5.82 Å². The summed E-state index contributed by atoms with van der Waals surface area (Å²) in [7, 11) is 0. The average molecular weight is 460 g/mol. The van der Waals surface area contributed by atoms with E-state index in [9.17, 15) is 4.79 Å². The normalized spacial score (nSPS) is 15.1. The van der Waals surface area contributed by atoms with Crippen LogP contribution in [0.3, 0.4) is 0 Å². The van der Waals surface area contributed by atoms with Crippen molar-refractivity contribution in [3.8, 4) is 5.82 Å². The molecule has 0 saturated carbocycles. The molecule has 4 heterocycles. The first-order valence-corrected chi connectivity index (χ1v) is 11.0. The van der Waals surface area contributed by atoms with Crippen LogP contribution in [0.5, 0.6) is 0 Å². The summed E-state index contributed by atoms with van der Waals surface area (Å²) in [6, 6.07) is 9.95. The first-order valence-electron chi connectivity index (χ1n) is 9.40. The van der Waals surface area contributed by atoms with Crippen molar-refractivity contribution in [3.05, 3.63) is 62.6 Å². The van der Waals surface area contributed by atoms with Crippen LogP contribution in [-0.2, 0) is 13.0 Å². The Kier molecular flexibility index (Phi) is 5.89. The zero-order valence-corrected chi connectivity index (χ0v) is 18.1. The minimum absolute atomic E-state index is 0.0672. The van der Waals surface area contributed by atoms with E-state index in [1.54, 1.807) is 28.4 Å². The first-order chi connectivity index (χ1) is 13.7. The van der Waals surface area contributed by atoms with E-state index in [-0.39, 0.29) is 5.91 Å². The molecule has 28 heavy (non-hydrogen) atoms. The van der Waals surface area contributed by atoms with Gasteiger partial charge < -0.3 is 4.90 Å². The van der Waals surface area contributed by atoms with Gasteiger partial charge in [0.1, 0.15) is 0 Å². The summed E-state index contributed by atoms with van der Waals surface area (Å²) in [5.74, 6) is 0.808. The topological polar surface area (TPSA) is 54.3 Å². The Morgan fingerprint density at radius 3 is 2.64 bits per heavy atom. The summed E-state index contributed by atoms with van der Waals surface area (Å²) in [6.45, 7) is 6.24. The van der Waals surface area contributed by atoms with Crippen molar-refractivity contribution in [3.63, 3.8) is 0 Å². The third kappa shape index (κ3) is 4.04. The highest BCUT2D eigenvalue weighted by Crippen LogP contribution is 2.24. The number of halogens is 1. The summed E-state index contributed by atoms with van der Waals surface area (Å²) < 4.78 is 2.94. The molecule has 0 aliphatic carbocycles. The molecule has 6 nitrogen and oxygen atoms in total. The smallest absolute Gasteiger partial charge is 0.257 e. The fourth-order valence-corrected chi connectivity index (χ4v) is 5.03. The van der Waals surface area contributed by atoms with E-state index in [1.165, 1.54) is 4.88 Å². The molecule has 1 aliphatic heterocycles. The summed E-state index contributed by atoms with van der Waals surface area (Å²) in [4.78, 5) is 23.2. The van der Waals surface area contributed by atoms with Gasteiger partial charge in [0, 0.05) is 43.8 Å². The lowest BCUT2D eigenvalue weighted by Crippen LogP contribution is -2.48. The van der Waals surface area contributed by atoms with Crippen molar-refractivity contribution in [1.82, 2.24) is 24.6 Å². The van der Waals surface area contributed by atoms with Gasteiger partial charge in [-0.15, -0.1) is 11.3 Å². The lowest BCUT2D eigenvalue weighted by molar-refractivity contribution is 0.0628. The lowest BCUT2D eigenvalue weighted by Gasteiger charge is -2.34. The molecule has 0 atom stereocenters. The second-order valence-electron chi connectivity index (χ2n) is 6.73. The Hall–Kier alpha value is -2.03. The summed E-state index contributed by atoms with van der Waals surface area (Å²) in [6.07, 6.45) is 4.15. The first kappa shape index (κ1) is 19.3. The molecule has 3 aromatic heterocycles. The van der Waals surface area contributed by atoms with Crippen LogP contribution in [0.4, 0.5) is 0 Å². The average Bonchev–Trinajstić information content (AvgIpc) is 3.34. The number of carbonyl (C=O) groups excluding carboxylic acids is 1. The zero-order valence-electron chi connectivity index (χ0n) is 15.7. The predicted octanol–water partition coefficient (Wildman–Crippen LogP) is 3.61. The Morgan fingerprint density at radius 2 is 2.00 bits per heavy atom. The van der Waals surface area contributed by atoms with Gasteiger partial charge >= 0.3 is 0 Å². The Bertz CT molecular complexity index is 947. The van der Waals surface area contributed by atoms with Crippen molar-refractivity contribution >= 4 is 33.2 Å². The molecular formula is C20H22BrN5OS. The van der Waals surface area contributed by atoms with E-state index in [0.717, 1.165) is 54.4 Å². The number of thiophene rings is 1. The van der Waals surface area contributed by atoms with E-state index in [2.05, 4.69) is 43.0 Å². The fourth-order valence-electron chi connectivity index (χ4n) is 3.51. The zero-order chi connectivity index (χ0) is 19.5. The van der Waals surface area contributed by atoms with Gasteiger partial charge in [-0.3, -0.25) is 9.69 Å². The van der Waals surface area contributed by atoms with Gasteiger partial charge in [-0.2, -0.15) is 5.10 Å². The largest absolute Gasteiger partial charge is 0.336 e. The van der Waals surface area contributed by atoms with Gasteiger partial charge in [-0.05, 0) is 46.6 Å². The Morgan fingerprint density at radius 1 is 1.18 bits per heavy atom. The van der Waals surface area contributed by atoms with Crippen molar-refractivity contribution in [2.75, 3.05) is 26.2 Å². The number of pyridine rings is 1. The van der Waals surface area contributed by atoms with Gasteiger partial charge in [-0.1, -0.05) is 13.0 Å². The van der Waals surface area contributed by atoms with Crippen LogP contribution in [0, 0.1) is 0 Å². The predicted molar refractivity (Wildman–Crippen MR) is 114 cm³/mol. The van der Waals surface area contributed by atoms with Crippen LogP contribution >= 0.6 is 27.3 Å². The third-order valence-corrected chi connectivity index (χ3v) is 6.58. The monoisotopic (exact) mass is 459 g/mol. The molecule has 0 radical (unpaired) electrons. The molecule has 1 amide bonds. The van der Waals surface area contributed by atoms with Gasteiger partial charge in [-0.25, -0.2) is 9.67 Å². The second kappa shape index (κ2) is 8.55. The Labute approximate surface area is 176 Å². The fraction of sp³-hybridized carbons (Fsp3) is 0.350. The molecular weight excluding hydrogens is 438 g/mol. The van der Waals surface area contributed by atoms with Crippen molar-refractivity contribution in [1.29, 1.82) is 0 Å². The highest BCUT2D eigenvalue weighted by molar-refractivity contribution is 9.11. The standard InChI is InChI=1S/C20H22BrN5OS/c1-2-17-16(13-23-26(17)19-5-3-4-8-22-19)20(27)25-11-9-24(10-12-25)14-15-6-7-18(21)28-15/h3-8,13H,2,9-12,14H2,1H3. The maximum Gasteiger partial charge on any atom is 0.257 e. The van der Waals surface area contributed by atoms with E-state index in [1.807, 2.05) is 30.0 Å². The minimum Gasteiger partial charge on any atom is -0.336 e. The molecule has 1 fully saturated rings. The number of hydrogen-bond acceptors (Lipinski definition) is 5. The van der Waals surface area contributed by atoms with Crippen molar-refractivity contribution in [2.24, 2.45) is 0 Å². The molecule has 8 heteroatoms. The number of hydrogen-bond donors (Lipinski definition) is 0. The second-order valence-corrected chi connectivity index (χ2v) is 9.28. The van der Waals surface area contributed by atoms with Crippen LogP contribution < -0.4 is 0 Å². The highest BCUT2D eigenvalue weighted by atomic mass is 79.9. The molecule has 4 rings (SSSR count). The minimum atomic E-state index is 0.0672. The van der Waals surface area contributed by atoms with E-state index >= 15 is 0 Å². The molecule has 0 spiro atoms. The SMILES string of the molecule is CCc1c(C(=O)N2CCN(Cc3ccc(Br)s3)CC2)cnn1-c1ccccn1. The van der Waals surface area contributed by atoms with E-state index < -0.39 is 0 Å². The number of rotatable bonds is 5. The van der Waals surface area contributed by atoms with Gasteiger partial charge in [0.15, 0.2) is 5.82 Å². The number of nitrogens with zero attached hydrogens (tertiary/aromatic N) is 5. The molecule has 0 unspecified atom stereocenters. The van der Waals surface area contributed by atoms with Gasteiger partial charge in [0.25, 0.3) is 5.91 Å². The summed E-state index contributed by atoms with van der Waals surface area (Å²) >= 11 is 5.29.